The lowest BCUT2D eigenvalue weighted by Gasteiger charge is -2.19. The van der Waals surface area contributed by atoms with Crippen LogP contribution in [0.3, 0.4) is 0 Å². The van der Waals surface area contributed by atoms with Gasteiger partial charge in [0.2, 0.25) is 0 Å². The van der Waals surface area contributed by atoms with E-state index in [9.17, 15) is 9.59 Å². The summed E-state index contributed by atoms with van der Waals surface area (Å²) in [6.45, 7) is 10.3. The Morgan fingerprint density at radius 1 is 0.750 bits per heavy atom. The summed E-state index contributed by atoms with van der Waals surface area (Å²) < 4.78 is 0. The Labute approximate surface area is 143 Å². The van der Waals surface area contributed by atoms with Gasteiger partial charge in [-0.1, -0.05) is 6.07 Å². The first-order valence-electron chi connectivity index (χ1n) is 7.98. The zero-order chi connectivity index (χ0) is 18.0. The van der Waals surface area contributed by atoms with E-state index < -0.39 is 0 Å². The Kier molecular flexibility index (Phi) is 5.07. The lowest BCUT2D eigenvalue weighted by atomic mass is 9.93. The van der Waals surface area contributed by atoms with E-state index in [1.165, 1.54) is 16.7 Å². The first-order chi connectivity index (χ1) is 11.3. The van der Waals surface area contributed by atoms with Gasteiger partial charge in [0.25, 0.3) is 11.8 Å². The number of benzene rings is 2. The monoisotopic (exact) mass is 324 g/mol. The van der Waals surface area contributed by atoms with E-state index in [4.69, 9.17) is 0 Å². The Morgan fingerprint density at radius 3 is 1.71 bits per heavy atom. The third kappa shape index (κ3) is 3.18. The number of hydrogen-bond acceptors (Lipinski definition) is 2. The molecular formula is C20H24N2O2. The van der Waals surface area contributed by atoms with Crippen molar-refractivity contribution in [1.82, 2.24) is 5.32 Å². The standard InChI is InChI=1S/C20H24N2O2/c1-11-12(2)14(4)18(15(5)13(11)3)22-20(24)17-9-7-8-16(10-17)19(23)21-6/h7-10H,1-6H3,(H,21,23)(H,22,24). The number of hydrogen-bond donors (Lipinski definition) is 2. The van der Waals surface area contributed by atoms with Crippen molar-refractivity contribution >= 4 is 17.5 Å². The molecule has 126 valence electrons. The number of rotatable bonds is 3. The molecule has 2 aromatic carbocycles. The van der Waals surface area contributed by atoms with Crippen LogP contribution in [-0.4, -0.2) is 18.9 Å². The largest absolute Gasteiger partial charge is 0.355 e. The van der Waals surface area contributed by atoms with Gasteiger partial charge in [0.1, 0.15) is 0 Å². The summed E-state index contributed by atoms with van der Waals surface area (Å²) in [6.07, 6.45) is 0. The number of carbonyl (C=O) groups excluding carboxylic acids is 2. The molecule has 4 heteroatoms. The molecular weight excluding hydrogens is 300 g/mol. The van der Waals surface area contributed by atoms with Crippen LogP contribution >= 0.6 is 0 Å². The second-order valence-electron chi connectivity index (χ2n) is 6.11. The molecule has 0 aliphatic rings. The average molecular weight is 324 g/mol. The maximum atomic E-state index is 12.6. The first kappa shape index (κ1) is 17.7. The van der Waals surface area contributed by atoms with Crippen molar-refractivity contribution in [3.63, 3.8) is 0 Å². The molecule has 2 N–H and O–H groups in total. The van der Waals surface area contributed by atoms with Gasteiger partial charge in [-0.2, -0.15) is 0 Å². The zero-order valence-electron chi connectivity index (χ0n) is 15.1. The van der Waals surface area contributed by atoms with E-state index >= 15 is 0 Å². The van der Waals surface area contributed by atoms with Gasteiger partial charge in [0.15, 0.2) is 0 Å². The van der Waals surface area contributed by atoms with E-state index in [-0.39, 0.29) is 11.8 Å². The normalized spacial score (nSPS) is 10.4. The quantitative estimate of drug-likeness (QED) is 0.901. The van der Waals surface area contributed by atoms with Crippen molar-refractivity contribution in [3.05, 3.63) is 63.2 Å². The molecule has 0 aromatic heterocycles. The van der Waals surface area contributed by atoms with Crippen LogP contribution in [0, 0.1) is 34.6 Å². The van der Waals surface area contributed by atoms with Crippen molar-refractivity contribution in [2.45, 2.75) is 34.6 Å². The molecule has 0 spiro atoms. The molecule has 0 atom stereocenters. The van der Waals surface area contributed by atoms with Crippen LogP contribution < -0.4 is 10.6 Å². The van der Waals surface area contributed by atoms with Crippen LogP contribution in [0.2, 0.25) is 0 Å². The topological polar surface area (TPSA) is 58.2 Å². The maximum absolute atomic E-state index is 12.6. The fourth-order valence-electron chi connectivity index (χ4n) is 2.82. The molecule has 4 nitrogen and oxygen atoms in total. The highest BCUT2D eigenvalue weighted by atomic mass is 16.2. The van der Waals surface area contributed by atoms with Crippen LogP contribution in [0.4, 0.5) is 5.69 Å². The molecule has 24 heavy (non-hydrogen) atoms. The van der Waals surface area contributed by atoms with Gasteiger partial charge in [-0.3, -0.25) is 9.59 Å². The highest BCUT2D eigenvalue weighted by Gasteiger charge is 2.16. The van der Waals surface area contributed by atoms with Crippen LogP contribution in [0.15, 0.2) is 24.3 Å². The molecule has 2 rings (SSSR count). The van der Waals surface area contributed by atoms with E-state index in [0.717, 1.165) is 16.8 Å². The van der Waals surface area contributed by atoms with Crippen LogP contribution in [0.25, 0.3) is 0 Å². The predicted octanol–water partition coefficient (Wildman–Crippen LogP) is 3.84. The lowest BCUT2D eigenvalue weighted by Crippen LogP contribution is -2.19. The lowest BCUT2D eigenvalue weighted by molar-refractivity contribution is 0.0963. The van der Waals surface area contributed by atoms with Gasteiger partial charge in [-0.15, -0.1) is 0 Å². The smallest absolute Gasteiger partial charge is 0.255 e. The molecule has 2 amide bonds. The van der Waals surface area contributed by atoms with E-state index in [1.807, 2.05) is 13.8 Å². The molecule has 2 aromatic rings. The van der Waals surface area contributed by atoms with Gasteiger partial charge in [-0.05, 0) is 80.6 Å². The predicted molar refractivity (Wildman–Crippen MR) is 97.9 cm³/mol. The molecule has 0 heterocycles. The van der Waals surface area contributed by atoms with E-state index in [0.29, 0.717) is 11.1 Å². The molecule has 0 aliphatic heterocycles. The summed E-state index contributed by atoms with van der Waals surface area (Å²) in [7, 11) is 1.57. The fraction of sp³-hybridized carbons (Fsp3) is 0.300. The first-order valence-corrected chi connectivity index (χ1v) is 7.98. The van der Waals surface area contributed by atoms with Crippen LogP contribution in [0.1, 0.15) is 48.5 Å². The van der Waals surface area contributed by atoms with Crippen molar-refractivity contribution in [2.75, 3.05) is 12.4 Å². The minimum Gasteiger partial charge on any atom is -0.355 e. The number of carbonyl (C=O) groups is 2. The van der Waals surface area contributed by atoms with Gasteiger partial charge < -0.3 is 10.6 Å². The second-order valence-corrected chi connectivity index (χ2v) is 6.11. The van der Waals surface area contributed by atoms with E-state index in [2.05, 4.69) is 31.4 Å². The van der Waals surface area contributed by atoms with Gasteiger partial charge in [-0.25, -0.2) is 0 Å². The minimum atomic E-state index is -0.213. The van der Waals surface area contributed by atoms with Crippen molar-refractivity contribution in [3.8, 4) is 0 Å². The third-order valence-electron chi connectivity index (χ3n) is 4.85. The molecule has 0 saturated heterocycles. The molecule has 0 unspecified atom stereocenters. The average Bonchev–Trinajstić information content (AvgIpc) is 2.61. The Bertz CT molecular complexity index is 794. The summed E-state index contributed by atoms with van der Waals surface area (Å²) in [5.41, 5.74) is 7.56. The summed E-state index contributed by atoms with van der Waals surface area (Å²) in [4.78, 5) is 24.4. The molecule has 0 radical (unpaired) electrons. The van der Waals surface area contributed by atoms with Crippen molar-refractivity contribution in [2.24, 2.45) is 0 Å². The van der Waals surface area contributed by atoms with Gasteiger partial charge >= 0.3 is 0 Å². The molecule has 0 aliphatic carbocycles. The summed E-state index contributed by atoms with van der Waals surface area (Å²) >= 11 is 0. The fourth-order valence-corrected chi connectivity index (χ4v) is 2.82. The Morgan fingerprint density at radius 2 is 1.21 bits per heavy atom. The zero-order valence-corrected chi connectivity index (χ0v) is 15.1. The third-order valence-corrected chi connectivity index (χ3v) is 4.85. The number of amides is 2. The SMILES string of the molecule is CNC(=O)c1cccc(C(=O)Nc2c(C)c(C)c(C)c(C)c2C)c1. The highest BCUT2D eigenvalue weighted by molar-refractivity contribution is 6.07. The van der Waals surface area contributed by atoms with Crippen LogP contribution in [0.5, 0.6) is 0 Å². The highest BCUT2D eigenvalue weighted by Crippen LogP contribution is 2.30. The molecule has 0 saturated carbocycles. The second kappa shape index (κ2) is 6.87. The Balaban J connectivity index is 2.40. The van der Waals surface area contributed by atoms with Gasteiger partial charge in [0, 0.05) is 23.9 Å². The minimum absolute atomic E-state index is 0.209. The van der Waals surface area contributed by atoms with Crippen molar-refractivity contribution in [1.29, 1.82) is 0 Å². The summed E-state index contributed by atoms with van der Waals surface area (Å²) in [6, 6.07) is 6.71. The van der Waals surface area contributed by atoms with Gasteiger partial charge in [0.05, 0.1) is 0 Å². The maximum Gasteiger partial charge on any atom is 0.255 e. The van der Waals surface area contributed by atoms with E-state index in [1.54, 1.807) is 31.3 Å². The van der Waals surface area contributed by atoms with Crippen molar-refractivity contribution < 1.29 is 9.59 Å². The molecule has 0 fully saturated rings. The Hall–Kier alpha value is -2.62. The summed E-state index contributed by atoms with van der Waals surface area (Å²) in [5, 5.41) is 5.58. The number of anilines is 1. The number of nitrogens with one attached hydrogen (secondary N) is 2. The summed E-state index contributed by atoms with van der Waals surface area (Å²) in [5.74, 6) is -0.423. The molecule has 0 bridgehead atoms. The van der Waals surface area contributed by atoms with Crippen LogP contribution in [-0.2, 0) is 0 Å².